The average molecular weight is 380 g/mol. The average Bonchev–Trinajstić information content (AvgIpc) is 3.11. The standard InChI is InChI=1S/C18H24N2O5S/c21-17(19-15-9-8-13(11-15)18(22)23)14-5-4-10-20(12-14)26(24,25)16-6-2-1-3-7-16/h1-3,6-7,13-15H,4-5,8-12H2,(H,19,21)(H,22,23)/t13-,14?,15+/m1/s1. The number of aliphatic carboxylic acids is 1. The SMILES string of the molecule is O=C(N[C@H]1CC[C@@H](C(=O)O)C1)C1CCCN(S(=O)(=O)c2ccccc2)C1. The molecule has 1 aliphatic carbocycles. The highest BCUT2D eigenvalue weighted by Crippen LogP contribution is 2.27. The van der Waals surface area contributed by atoms with Gasteiger partial charge in [0.15, 0.2) is 0 Å². The van der Waals surface area contributed by atoms with Crippen molar-refractivity contribution in [2.75, 3.05) is 13.1 Å². The Morgan fingerprint density at radius 3 is 2.46 bits per heavy atom. The lowest BCUT2D eigenvalue weighted by molar-refractivity contribution is -0.141. The molecule has 142 valence electrons. The summed E-state index contributed by atoms with van der Waals surface area (Å²) < 4.78 is 26.9. The number of nitrogens with zero attached hydrogens (tertiary/aromatic N) is 1. The molecule has 1 heterocycles. The van der Waals surface area contributed by atoms with Crippen LogP contribution in [0.5, 0.6) is 0 Å². The van der Waals surface area contributed by atoms with Gasteiger partial charge in [-0.2, -0.15) is 4.31 Å². The molecule has 1 aliphatic heterocycles. The number of carbonyl (C=O) groups excluding carboxylic acids is 1. The molecule has 0 aromatic heterocycles. The number of carbonyl (C=O) groups is 2. The minimum absolute atomic E-state index is 0.135. The molecule has 0 spiro atoms. The highest BCUT2D eigenvalue weighted by atomic mass is 32.2. The summed E-state index contributed by atoms with van der Waals surface area (Å²) in [5, 5.41) is 12.0. The molecule has 1 unspecified atom stereocenters. The van der Waals surface area contributed by atoms with Crippen molar-refractivity contribution in [1.82, 2.24) is 9.62 Å². The normalized spacial score (nSPS) is 27.2. The summed E-state index contributed by atoms with van der Waals surface area (Å²) in [6, 6.07) is 8.11. The number of carboxylic acids is 1. The molecule has 1 aromatic carbocycles. The predicted octanol–water partition coefficient (Wildman–Crippen LogP) is 1.46. The van der Waals surface area contributed by atoms with Crippen molar-refractivity contribution in [2.45, 2.75) is 43.0 Å². The summed E-state index contributed by atoms with van der Waals surface area (Å²) >= 11 is 0. The van der Waals surface area contributed by atoms with E-state index < -0.39 is 27.8 Å². The summed E-state index contributed by atoms with van der Waals surface area (Å²) in [6.45, 7) is 0.573. The third-order valence-corrected chi connectivity index (χ3v) is 7.14. The third kappa shape index (κ3) is 4.07. The zero-order valence-corrected chi connectivity index (χ0v) is 15.3. The lowest BCUT2D eigenvalue weighted by Crippen LogP contribution is -2.47. The van der Waals surface area contributed by atoms with E-state index in [1.807, 2.05) is 0 Å². The molecule has 7 nitrogen and oxygen atoms in total. The number of benzene rings is 1. The molecule has 2 N–H and O–H groups in total. The number of nitrogens with one attached hydrogen (secondary N) is 1. The molecule has 2 aliphatic rings. The molecule has 0 bridgehead atoms. The second kappa shape index (κ2) is 7.75. The van der Waals surface area contributed by atoms with E-state index in [1.165, 1.54) is 4.31 Å². The first-order chi connectivity index (χ1) is 12.4. The Bertz CT molecular complexity index is 765. The predicted molar refractivity (Wildman–Crippen MR) is 94.8 cm³/mol. The molecule has 1 saturated heterocycles. The molecule has 3 rings (SSSR count). The Kier molecular flexibility index (Phi) is 5.62. The molecule has 1 saturated carbocycles. The fourth-order valence-corrected chi connectivity index (χ4v) is 5.32. The van der Waals surface area contributed by atoms with Crippen LogP contribution in [0.1, 0.15) is 32.1 Å². The van der Waals surface area contributed by atoms with Crippen LogP contribution in [0.2, 0.25) is 0 Å². The number of hydrogen-bond acceptors (Lipinski definition) is 4. The molecule has 1 amide bonds. The van der Waals surface area contributed by atoms with Gasteiger partial charge in [0.25, 0.3) is 0 Å². The van der Waals surface area contributed by atoms with Gasteiger partial charge in [-0.05, 0) is 44.2 Å². The van der Waals surface area contributed by atoms with Crippen molar-refractivity contribution < 1.29 is 23.1 Å². The van der Waals surface area contributed by atoms with Gasteiger partial charge in [0.2, 0.25) is 15.9 Å². The van der Waals surface area contributed by atoms with Gasteiger partial charge in [-0.3, -0.25) is 9.59 Å². The van der Waals surface area contributed by atoms with E-state index in [9.17, 15) is 18.0 Å². The van der Waals surface area contributed by atoms with Crippen LogP contribution in [0.4, 0.5) is 0 Å². The van der Waals surface area contributed by atoms with Gasteiger partial charge >= 0.3 is 5.97 Å². The van der Waals surface area contributed by atoms with E-state index in [0.717, 1.165) is 0 Å². The van der Waals surface area contributed by atoms with E-state index >= 15 is 0 Å². The summed E-state index contributed by atoms with van der Waals surface area (Å²) in [6.07, 6.45) is 2.94. The van der Waals surface area contributed by atoms with Crippen molar-refractivity contribution in [2.24, 2.45) is 11.8 Å². The number of sulfonamides is 1. The van der Waals surface area contributed by atoms with E-state index in [4.69, 9.17) is 5.11 Å². The van der Waals surface area contributed by atoms with Crippen LogP contribution < -0.4 is 5.32 Å². The molecular formula is C18H24N2O5S. The summed E-state index contributed by atoms with van der Waals surface area (Å²) in [5.41, 5.74) is 0. The van der Waals surface area contributed by atoms with Gasteiger partial charge in [-0.25, -0.2) is 8.42 Å². The van der Waals surface area contributed by atoms with Gasteiger partial charge < -0.3 is 10.4 Å². The molecule has 3 atom stereocenters. The second-order valence-corrected chi connectivity index (χ2v) is 9.01. The smallest absolute Gasteiger partial charge is 0.306 e. The van der Waals surface area contributed by atoms with Crippen LogP contribution in [-0.2, 0) is 19.6 Å². The Balaban J connectivity index is 1.62. The van der Waals surface area contributed by atoms with Crippen LogP contribution in [0.25, 0.3) is 0 Å². The molecule has 2 fully saturated rings. The lowest BCUT2D eigenvalue weighted by atomic mass is 9.98. The maximum atomic E-state index is 12.7. The van der Waals surface area contributed by atoms with Gasteiger partial charge in [-0.1, -0.05) is 18.2 Å². The zero-order chi connectivity index (χ0) is 18.7. The summed E-state index contributed by atoms with van der Waals surface area (Å²) in [7, 11) is -3.60. The largest absolute Gasteiger partial charge is 0.481 e. The Labute approximate surface area is 153 Å². The molecule has 26 heavy (non-hydrogen) atoms. The molecular weight excluding hydrogens is 356 g/mol. The maximum absolute atomic E-state index is 12.7. The van der Waals surface area contributed by atoms with E-state index in [2.05, 4.69) is 5.32 Å². The van der Waals surface area contributed by atoms with E-state index in [0.29, 0.717) is 38.6 Å². The Morgan fingerprint density at radius 1 is 1.08 bits per heavy atom. The quantitative estimate of drug-likeness (QED) is 0.805. The van der Waals surface area contributed by atoms with Crippen LogP contribution in [0.3, 0.4) is 0 Å². The van der Waals surface area contributed by atoms with E-state index in [1.54, 1.807) is 30.3 Å². The van der Waals surface area contributed by atoms with Crippen LogP contribution in [0, 0.1) is 11.8 Å². The van der Waals surface area contributed by atoms with E-state index in [-0.39, 0.29) is 23.4 Å². The highest BCUT2D eigenvalue weighted by Gasteiger charge is 2.36. The summed E-state index contributed by atoms with van der Waals surface area (Å²) in [5.74, 6) is -1.79. The van der Waals surface area contributed by atoms with Crippen LogP contribution >= 0.6 is 0 Å². The minimum atomic E-state index is -3.60. The first kappa shape index (κ1) is 18.8. The van der Waals surface area contributed by atoms with Gasteiger partial charge in [-0.15, -0.1) is 0 Å². The van der Waals surface area contributed by atoms with Gasteiger partial charge in [0, 0.05) is 19.1 Å². The fourth-order valence-electron chi connectivity index (χ4n) is 3.77. The Hall–Kier alpha value is -1.93. The zero-order valence-electron chi connectivity index (χ0n) is 14.5. The van der Waals surface area contributed by atoms with Crippen molar-refractivity contribution in [1.29, 1.82) is 0 Å². The fraction of sp³-hybridized carbons (Fsp3) is 0.556. The molecule has 0 radical (unpaired) electrons. The molecule has 8 heteroatoms. The number of piperidine rings is 1. The topological polar surface area (TPSA) is 104 Å². The number of hydrogen-bond donors (Lipinski definition) is 2. The van der Waals surface area contributed by atoms with Gasteiger partial charge in [0.1, 0.15) is 0 Å². The first-order valence-corrected chi connectivity index (χ1v) is 10.4. The monoisotopic (exact) mass is 380 g/mol. The first-order valence-electron chi connectivity index (χ1n) is 8.96. The highest BCUT2D eigenvalue weighted by molar-refractivity contribution is 7.89. The van der Waals surface area contributed by atoms with Crippen molar-refractivity contribution in [3.8, 4) is 0 Å². The Morgan fingerprint density at radius 2 is 1.81 bits per heavy atom. The second-order valence-electron chi connectivity index (χ2n) is 7.07. The van der Waals surface area contributed by atoms with Crippen LogP contribution in [0.15, 0.2) is 35.2 Å². The van der Waals surface area contributed by atoms with Crippen LogP contribution in [-0.4, -0.2) is 48.8 Å². The van der Waals surface area contributed by atoms with Gasteiger partial charge in [0.05, 0.1) is 16.7 Å². The minimum Gasteiger partial charge on any atom is -0.481 e. The van der Waals surface area contributed by atoms with Crippen molar-refractivity contribution in [3.63, 3.8) is 0 Å². The number of amides is 1. The summed E-state index contributed by atoms with van der Waals surface area (Å²) in [4.78, 5) is 23.8. The van der Waals surface area contributed by atoms with Crippen molar-refractivity contribution >= 4 is 21.9 Å². The number of carboxylic acid groups (broad SMARTS) is 1. The maximum Gasteiger partial charge on any atom is 0.306 e. The number of rotatable bonds is 5. The van der Waals surface area contributed by atoms with Crippen molar-refractivity contribution in [3.05, 3.63) is 30.3 Å². The third-order valence-electron chi connectivity index (χ3n) is 5.26. The molecule has 1 aromatic rings. The lowest BCUT2D eigenvalue weighted by Gasteiger charge is -2.31.